The van der Waals surface area contributed by atoms with Crippen LogP contribution in [0.2, 0.25) is 0 Å². The third kappa shape index (κ3) is 7.03. The smallest absolute Gasteiger partial charge is 0.326 e. The van der Waals surface area contributed by atoms with Crippen LogP contribution in [0.5, 0.6) is 0 Å². The van der Waals surface area contributed by atoms with Crippen molar-refractivity contribution in [3.8, 4) is 0 Å². The molecule has 1 rings (SSSR count). The van der Waals surface area contributed by atoms with Crippen LogP contribution in [-0.2, 0) is 28.8 Å². The number of carboxylic acid groups (broad SMARTS) is 1. The van der Waals surface area contributed by atoms with Gasteiger partial charge in [-0.1, -0.05) is 0 Å². The molecule has 162 valence electrons. The van der Waals surface area contributed by atoms with Crippen LogP contribution in [0, 0.1) is 0 Å². The van der Waals surface area contributed by atoms with E-state index in [1.165, 1.54) is 11.8 Å². The molecule has 4 unspecified atom stereocenters. The lowest BCUT2D eigenvalue weighted by molar-refractivity contribution is -0.144. The summed E-state index contributed by atoms with van der Waals surface area (Å²) in [5.41, 5.74) is 15.6. The lowest BCUT2D eigenvalue weighted by atomic mass is 10.1. The van der Waals surface area contributed by atoms with Gasteiger partial charge < -0.3 is 37.8 Å². The number of primary amides is 2. The van der Waals surface area contributed by atoms with Crippen LogP contribution in [0.3, 0.4) is 0 Å². The highest BCUT2D eigenvalue weighted by atomic mass is 16.4. The van der Waals surface area contributed by atoms with Crippen molar-refractivity contribution in [3.05, 3.63) is 0 Å². The molecule has 0 spiro atoms. The van der Waals surface area contributed by atoms with Crippen LogP contribution < -0.4 is 27.8 Å². The number of carboxylic acids is 1. The van der Waals surface area contributed by atoms with Crippen molar-refractivity contribution in [1.82, 2.24) is 15.5 Å². The van der Waals surface area contributed by atoms with E-state index in [2.05, 4.69) is 5.32 Å². The summed E-state index contributed by atoms with van der Waals surface area (Å²) in [6, 6.07) is -4.85. The Morgan fingerprint density at radius 3 is 2.07 bits per heavy atom. The number of nitrogens with two attached hydrogens (primary N) is 3. The standard InChI is InChI=1S/C16H26N6O7/c1-7(17)15(27)22-4-2-3-10(22)14(26)20-8(5-11(18)23)13(25)21-9(16(28)29)6-12(19)24/h7-10H,2-6,17H2,1H3,(H2,18,23)(H2,19,24)(H,20,26)(H,21,25)(H,28,29). The molecule has 4 atom stereocenters. The number of amides is 5. The quantitative estimate of drug-likeness (QED) is 0.207. The number of aliphatic carboxylic acids is 1. The Morgan fingerprint density at radius 1 is 1.03 bits per heavy atom. The molecule has 1 aliphatic heterocycles. The van der Waals surface area contributed by atoms with Gasteiger partial charge in [0, 0.05) is 6.54 Å². The molecule has 0 aromatic rings. The van der Waals surface area contributed by atoms with E-state index in [1.54, 1.807) is 0 Å². The van der Waals surface area contributed by atoms with E-state index in [0.717, 1.165) is 0 Å². The lowest BCUT2D eigenvalue weighted by Gasteiger charge is -2.27. The van der Waals surface area contributed by atoms with Crippen LogP contribution in [0.15, 0.2) is 0 Å². The number of hydrogen-bond donors (Lipinski definition) is 6. The second-order valence-corrected chi connectivity index (χ2v) is 6.78. The van der Waals surface area contributed by atoms with Crippen LogP contribution >= 0.6 is 0 Å². The molecule has 29 heavy (non-hydrogen) atoms. The number of carbonyl (C=O) groups excluding carboxylic acids is 5. The summed E-state index contributed by atoms with van der Waals surface area (Å²) in [5.74, 6) is -5.60. The molecule has 0 radical (unpaired) electrons. The zero-order chi connectivity index (χ0) is 22.3. The highest BCUT2D eigenvalue weighted by molar-refractivity contribution is 5.96. The molecule has 0 aromatic carbocycles. The second-order valence-electron chi connectivity index (χ2n) is 6.78. The van der Waals surface area contributed by atoms with Crippen molar-refractivity contribution >= 4 is 35.5 Å². The fraction of sp³-hybridized carbons (Fsp3) is 0.625. The van der Waals surface area contributed by atoms with Gasteiger partial charge in [0.2, 0.25) is 29.5 Å². The highest BCUT2D eigenvalue weighted by Gasteiger charge is 2.37. The Hall–Kier alpha value is -3.22. The minimum atomic E-state index is -1.64. The first-order valence-electron chi connectivity index (χ1n) is 8.90. The molecule has 0 aromatic heterocycles. The molecule has 1 saturated heterocycles. The van der Waals surface area contributed by atoms with Gasteiger partial charge in [0.15, 0.2) is 0 Å². The number of rotatable bonds is 10. The summed E-state index contributed by atoms with van der Waals surface area (Å²) < 4.78 is 0. The van der Waals surface area contributed by atoms with Crippen molar-refractivity contribution in [2.45, 2.75) is 56.8 Å². The topological polar surface area (TPSA) is 228 Å². The Labute approximate surface area is 166 Å². The zero-order valence-electron chi connectivity index (χ0n) is 15.9. The van der Waals surface area contributed by atoms with Gasteiger partial charge in [0.1, 0.15) is 18.1 Å². The van der Waals surface area contributed by atoms with E-state index in [9.17, 15) is 28.8 Å². The molecular formula is C16H26N6O7. The van der Waals surface area contributed by atoms with E-state index >= 15 is 0 Å². The molecule has 0 bridgehead atoms. The van der Waals surface area contributed by atoms with Gasteiger partial charge in [0.05, 0.1) is 18.9 Å². The Balaban J connectivity index is 2.92. The third-order valence-electron chi connectivity index (χ3n) is 4.29. The van der Waals surface area contributed by atoms with Crippen LogP contribution in [0.4, 0.5) is 0 Å². The van der Waals surface area contributed by atoms with E-state index in [-0.39, 0.29) is 0 Å². The van der Waals surface area contributed by atoms with Gasteiger partial charge in [-0.05, 0) is 19.8 Å². The van der Waals surface area contributed by atoms with Gasteiger partial charge in [0.25, 0.3) is 0 Å². The molecule has 0 saturated carbocycles. The van der Waals surface area contributed by atoms with E-state index in [4.69, 9.17) is 22.3 Å². The van der Waals surface area contributed by atoms with Crippen LogP contribution in [-0.4, -0.2) is 76.2 Å². The SMILES string of the molecule is CC(N)C(=O)N1CCCC1C(=O)NC(CC(N)=O)C(=O)NC(CC(N)=O)C(=O)O. The van der Waals surface area contributed by atoms with Crippen molar-refractivity contribution in [1.29, 1.82) is 0 Å². The summed E-state index contributed by atoms with van der Waals surface area (Å²) in [5, 5.41) is 13.4. The first-order valence-corrected chi connectivity index (χ1v) is 8.90. The Morgan fingerprint density at radius 2 is 1.59 bits per heavy atom. The maximum absolute atomic E-state index is 12.6. The van der Waals surface area contributed by atoms with Gasteiger partial charge in [-0.3, -0.25) is 24.0 Å². The highest BCUT2D eigenvalue weighted by Crippen LogP contribution is 2.18. The Bertz CT molecular complexity index is 695. The number of nitrogens with one attached hydrogen (secondary N) is 2. The minimum absolute atomic E-state index is 0.310. The fourth-order valence-electron chi connectivity index (χ4n) is 2.92. The molecule has 13 heteroatoms. The second kappa shape index (κ2) is 10.4. The van der Waals surface area contributed by atoms with Gasteiger partial charge in [-0.2, -0.15) is 0 Å². The molecule has 1 fully saturated rings. The summed E-state index contributed by atoms with van der Waals surface area (Å²) in [4.78, 5) is 71.9. The summed E-state index contributed by atoms with van der Waals surface area (Å²) >= 11 is 0. The molecule has 13 nitrogen and oxygen atoms in total. The van der Waals surface area contributed by atoms with Crippen molar-refractivity contribution < 1.29 is 33.9 Å². The summed E-state index contributed by atoms with van der Waals surface area (Å²) in [6.07, 6.45) is -0.427. The predicted molar refractivity (Wildman–Crippen MR) is 97.5 cm³/mol. The van der Waals surface area contributed by atoms with E-state index in [1.807, 2.05) is 5.32 Å². The van der Waals surface area contributed by atoms with Gasteiger partial charge in [-0.25, -0.2) is 4.79 Å². The average Bonchev–Trinajstić information content (AvgIpc) is 3.08. The summed E-state index contributed by atoms with van der Waals surface area (Å²) in [6.45, 7) is 1.79. The first-order chi connectivity index (χ1) is 13.4. The first kappa shape index (κ1) is 23.8. The monoisotopic (exact) mass is 414 g/mol. The molecule has 0 aliphatic carbocycles. The van der Waals surface area contributed by atoms with Crippen LogP contribution in [0.25, 0.3) is 0 Å². The molecule has 9 N–H and O–H groups in total. The van der Waals surface area contributed by atoms with Crippen LogP contribution in [0.1, 0.15) is 32.6 Å². The van der Waals surface area contributed by atoms with Gasteiger partial charge >= 0.3 is 5.97 Å². The predicted octanol–water partition coefficient (Wildman–Crippen LogP) is -3.87. The molecule has 5 amide bonds. The number of nitrogens with zero attached hydrogens (tertiary/aromatic N) is 1. The average molecular weight is 414 g/mol. The lowest BCUT2D eigenvalue weighted by Crippen LogP contribution is -2.57. The maximum Gasteiger partial charge on any atom is 0.326 e. The fourth-order valence-corrected chi connectivity index (χ4v) is 2.92. The molecule has 1 aliphatic rings. The maximum atomic E-state index is 12.6. The minimum Gasteiger partial charge on any atom is -0.480 e. The Kier molecular flexibility index (Phi) is 8.51. The van der Waals surface area contributed by atoms with E-state index < -0.39 is 72.5 Å². The van der Waals surface area contributed by atoms with Crippen molar-refractivity contribution in [2.75, 3.05) is 6.54 Å². The molecule has 1 heterocycles. The largest absolute Gasteiger partial charge is 0.480 e. The number of carbonyl (C=O) groups is 6. The third-order valence-corrected chi connectivity index (χ3v) is 4.29. The van der Waals surface area contributed by atoms with Crippen molar-refractivity contribution in [3.63, 3.8) is 0 Å². The summed E-state index contributed by atoms with van der Waals surface area (Å²) in [7, 11) is 0. The zero-order valence-corrected chi connectivity index (χ0v) is 15.9. The number of likely N-dealkylation sites (tertiary alicyclic amines) is 1. The normalized spacial score (nSPS) is 19.0. The van der Waals surface area contributed by atoms with E-state index in [0.29, 0.717) is 19.4 Å². The molecular weight excluding hydrogens is 388 g/mol. The van der Waals surface area contributed by atoms with Crippen molar-refractivity contribution in [2.24, 2.45) is 17.2 Å². The van der Waals surface area contributed by atoms with Gasteiger partial charge in [-0.15, -0.1) is 0 Å². The number of hydrogen-bond acceptors (Lipinski definition) is 7.